The van der Waals surface area contributed by atoms with Gasteiger partial charge in [0.15, 0.2) is 0 Å². The van der Waals surface area contributed by atoms with Gasteiger partial charge in [-0.25, -0.2) is 5.06 Å². The molecule has 1 fully saturated rings. The minimum atomic E-state index is -7.00. The van der Waals surface area contributed by atoms with E-state index < -0.39 is 47.6 Å². The molecule has 1 aromatic carbocycles. The number of nitrogens with zero attached hydrogens (tertiary/aromatic N) is 1. The van der Waals surface area contributed by atoms with Crippen LogP contribution in [0, 0.1) is 11.3 Å². The third-order valence-electron chi connectivity index (χ3n) is 5.22. The quantitative estimate of drug-likeness (QED) is 0.220. The van der Waals surface area contributed by atoms with Gasteiger partial charge >= 0.3 is 23.9 Å². The van der Waals surface area contributed by atoms with E-state index >= 15 is 0 Å². The summed E-state index contributed by atoms with van der Waals surface area (Å²) in [6.45, 7) is 0.345. The van der Waals surface area contributed by atoms with Crippen LogP contribution in [-0.2, 0) is 16.2 Å². The van der Waals surface area contributed by atoms with Crippen LogP contribution in [0.4, 0.5) is 39.5 Å². The highest BCUT2D eigenvalue weighted by molar-refractivity contribution is 14.1. The van der Waals surface area contributed by atoms with Crippen molar-refractivity contribution >= 4 is 28.5 Å². The number of hydroxylamine groups is 2. The summed E-state index contributed by atoms with van der Waals surface area (Å²) in [5, 5.41) is 0.659. The Morgan fingerprint density at radius 3 is 2.06 bits per heavy atom. The highest BCUT2D eigenvalue weighted by Crippen LogP contribution is 2.57. The third-order valence-corrected chi connectivity index (χ3v) is 6.28. The standard InChI is InChI=1S/C18H17F9INO2/c1-14(10-15(19,20)16(21,22)17(23,24)18(25,26)27)12(7-28)8-29(13(14)30)31-9-11-5-3-2-4-6-11/h2-6,12H,7-10H2,1H3/t12-,14-/m0/s1. The van der Waals surface area contributed by atoms with E-state index in [0.717, 1.165) is 6.92 Å². The maximum atomic E-state index is 14.2. The van der Waals surface area contributed by atoms with E-state index in [4.69, 9.17) is 4.84 Å². The summed E-state index contributed by atoms with van der Waals surface area (Å²) in [7, 11) is 0. The highest BCUT2D eigenvalue weighted by atomic mass is 127. The van der Waals surface area contributed by atoms with Crippen molar-refractivity contribution < 1.29 is 49.1 Å². The number of alkyl halides is 10. The van der Waals surface area contributed by atoms with Crippen LogP contribution in [0.15, 0.2) is 30.3 Å². The van der Waals surface area contributed by atoms with E-state index in [-0.39, 0.29) is 17.6 Å². The summed E-state index contributed by atoms with van der Waals surface area (Å²) in [6, 6.07) is 8.27. The molecule has 176 valence electrons. The fraction of sp³-hybridized carbons (Fsp3) is 0.611. The van der Waals surface area contributed by atoms with Crippen molar-refractivity contribution in [2.75, 3.05) is 11.0 Å². The Labute approximate surface area is 185 Å². The summed E-state index contributed by atoms with van der Waals surface area (Å²) in [4.78, 5) is 17.9. The van der Waals surface area contributed by atoms with Gasteiger partial charge in [0.2, 0.25) is 0 Å². The molecule has 1 aliphatic heterocycles. The predicted molar refractivity (Wildman–Crippen MR) is 98.9 cm³/mol. The Balaban J connectivity index is 2.27. The summed E-state index contributed by atoms with van der Waals surface area (Å²) < 4.78 is 119. The van der Waals surface area contributed by atoms with Gasteiger partial charge in [0.25, 0.3) is 5.91 Å². The van der Waals surface area contributed by atoms with Gasteiger partial charge in [0, 0.05) is 16.8 Å². The Hall–Kier alpha value is -1.25. The van der Waals surface area contributed by atoms with E-state index in [0.29, 0.717) is 10.6 Å². The Kier molecular flexibility index (Phi) is 7.21. The van der Waals surface area contributed by atoms with Crippen molar-refractivity contribution in [1.29, 1.82) is 0 Å². The summed E-state index contributed by atoms with van der Waals surface area (Å²) >= 11 is 1.68. The molecular formula is C18H17F9INO2. The molecule has 0 radical (unpaired) electrons. The molecule has 0 spiro atoms. The minimum absolute atomic E-state index is 0.0392. The molecule has 13 heteroatoms. The maximum Gasteiger partial charge on any atom is 0.460 e. The molecule has 2 atom stereocenters. The van der Waals surface area contributed by atoms with Crippen molar-refractivity contribution in [3.8, 4) is 0 Å². The SMILES string of the molecule is C[C@@]1(CC(F)(F)C(F)(F)C(F)(F)C(F)(F)F)C(=O)N(OCc2ccccc2)C[C@@H]1CI. The molecule has 3 nitrogen and oxygen atoms in total. The second kappa shape index (κ2) is 8.60. The molecule has 1 aromatic rings. The van der Waals surface area contributed by atoms with Gasteiger partial charge in [-0.3, -0.25) is 9.63 Å². The Bertz CT molecular complexity index is 788. The zero-order valence-electron chi connectivity index (χ0n) is 15.8. The number of hydrogen-bond donors (Lipinski definition) is 0. The first kappa shape index (κ1) is 26.0. The smallest absolute Gasteiger partial charge is 0.272 e. The predicted octanol–water partition coefficient (Wildman–Crippen LogP) is 5.88. The van der Waals surface area contributed by atoms with Gasteiger partial charge in [0.1, 0.15) is 6.61 Å². The molecule has 1 saturated heterocycles. The number of halogens is 10. The van der Waals surface area contributed by atoms with E-state index in [1.807, 2.05) is 0 Å². The lowest BCUT2D eigenvalue weighted by Gasteiger charge is -2.38. The van der Waals surface area contributed by atoms with Gasteiger partial charge < -0.3 is 0 Å². The Morgan fingerprint density at radius 2 is 1.58 bits per heavy atom. The van der Waals surface area contributed by atoms with Crippen LogP contribution in [0.3, 0.4) is 0 Å². The summed E-state index contributed by atoms with van der Waals surface area (Å²) in [5.74, 6) is -21.9. The lowest BCUT2D eigenvalue weighted by Crippen LogP contribution is -2.62. The molecule has 0 aliphatic carbocycles. The summed E-state index contributed by atoms with van der Waals surface area (Å²) in [6.07, 6.45) is -9.12. The van der Waals surface area contributed by atoms with Crippen LogP contribution < -0.4 is 0 Å². The number of hydrogen-bond acceptors (Lipinski definition) is 2. The zero-order valence-corrected chi connectivity index (χ0v) is 18.0. The van der Waals surface area contributed by atoms with Crippen molar-refractivity contribution in [2.45, 2.75) is 43.9 Å². The number of amides is 1. The average molecular weight is 577 g/mol. The maximum absolute atomic E-state index is 14.2. The monoisotopic (exact) mass is 577 g/mol. The molecular weight excluding hydrogens is 560 g/mol. The third kappa shape index (κ3) is 4.62. The van der Waals surface area contributed by atoms with Crippen LogP contribution in [0.5, 0.6) is 0 Å². The first-order chi connectivity index (χ1) is 14.0. The molecule has 0 bridgehead atoms. The van der Waals surface area contributed by atoms with Crippen LogP contribution in [0.2, 0.25) is 0 Å². The molecule has 0 unspecified atom stereocenters. The van der Waals surface area contributed by atoms with E-state index in [2.05, 4.69) is 0 Å². The summed E-state index contributed by atoms with van der Waals surface area (Å²) in [5.41, 5.74) is -1.76. The van der Waals surface area contributed by atoms with Crippen LogP contribution in [0.1, 0.15) is 18.9 Å². The highest BCUT2D eigenvalue weighted by Gasteiger charge is 2.82. The number of carbonyl (C=O) groups excluding carboxylic acids is 1. The number of rotatable bonds is 8. The number of benzene rings is 1. The minimum Gasteiger partial charge on any atom is -0.272 e. The average Bonchev–Trinajstić information content (AvgIpc) is 2.89. The second-order valence-corrected chi connectivity index (χ2v) is 8.30. The van der Waals surface area contributed by atoms with Crippen LogP contribution in [0.25, 0.3) is 0 Å². The molecule has 31 heavy (non-hydrogen) atoms. The fourth-order valence-electron chi connectivity index (χ4n) is 3.20. The van der Waals surface area contributed by atoms with Crippen LogP contribution in [-0.4, -0.2) is 45.9 Å². The van der Waals surface area contributed by atoms with Gasteiger partial charge in [0.05, 0.1) is 12.0 Å². The van der Waals surface area contributed by atoms with E-state index in [1.54, 1.807) is 52.9 Å². The lowest BCUT2D eigenvalue weighted by atomic mass is 9.74. The van der Waals surface area contributed by atoms with Crippen LogP contribution >= 0.6 is 22.6 Å². The van der Waals surface area contributed by atoms with Gasteiger partial charge in [-0.1, -0.05) is 59.8 Å². The van der Waals surface area contributed by atoms with Crippen molar-refractivity contribution in [1.82, 2.24) is 5.06 Å². The molecule has 1 heterocycles. The Morgan fingerprint density at radius 1 is 1.03 bits per heavy atom. The van der Waals surface area contributed by atoms with Gasteiger partial charge in [-0.05, 0) is 5.56 Å². The van der Waals surface area contributed by atoms with Gasteiger partial charge in [-0.2, -0.15) is 39.5 Å². The molecule has 0 N–H and O–H groups in total. The fourth-order valence-corrected chi connectivity index (χ4v) is 4.45. The second-order valence-electron chi connectivity index (χ2n) is 7.42. The molecule has 0 aromatic heterocycles. The number of carbonyl (C=O) groups is 1. The van der Waals surface area contributed by atoms with Crippen molar-refractivity contribution in [2.24, 2.45) is 11.3 Å². The normalized spacial score (nSPS) is 23.5. The van der Waals surface area contributed by atoms with Crippen molar-refractivity contribution in [3.05, 3.63) is 35.9 Å². The molecule has 2 rings (SSSR count). The van der Waals surface area contributed by atoms with Gasteiger partial charge in [-0.15, -0.1) is 0 Å². The lowest BCUT2D eigenvalue weighted by molar-refractivity contribution is -0.398. The first-order valence-corrected chi connectivity index (χ1v) is 10.3. The van der Waals surface area contributed by atoms with E-state index in [1.165, 1.54) is 0 Å². The molecule has 1 aliphatic rings. The first-order valence-electron chi connectivity index (χ1n) is 8.76. The van der Waals surface area contributed by atoms with Crippen molar-refractivity contribution in [3.63, 3.8) is 0 Å². The van der Waals surface area contributed by atoms with E-state index in [9.17, 15) is 44.3 Å². The largest absolute Gasteiger partial charge is 0.460 e. The molecule has 1 amide bonds. The topological polar surface area (TPSA) is 29.5 Å². The molecule has 0 saturated carbocycles. The zero-order chi connectivity index (χ0) is 23.9.